The molecule has 5 rings (SSSR count). The monoisotopic (exact) mass is 461 g/mol. The largest absolute Gasteiger partial charge is 0.338 e. The van der Waals surface area contributed by atoms with Gasteiger partial charge in [0.15, 0.2) is 5.16 Å². The number of carbonyl (C=O) groups excluding carboxylic acids is 1. The van der Waals surface area contributed by atoms with Gasteiger partial charge in [-0.1, -0.05) is 62.9 Å². The van der Waals surface area contributed by atoms with Gasteiger partial charge in [-0.3, -0.25) is 14.2 Å². The Balaban J connectivity index is 1.47. The Morgan fingerprint density at radius 2 is 1.82 bits per heavy atom. The molecule has 1 saturated carbocycles. The zero-order valence-corrected chi connectivity index (χ0v) is 20.6. The van der Waals surface area contributed by atoms with E-state index in [-0.39, 0.29) is 28.0 Å². The number of aryl methyl sites for hydroxylation is 1. The molecule has 1 aliphatic carbocycles. The minimum Gasteiger partial charge on any atom is -0.338 e. The molecule has 2 aliphatic rings. The van der Waals surface area contributed by atoms with Gasteiger partial charge in [0.25, 0.3) is 5.56 Å². The van der Waals surface area contributed by atoms with E-state index in [1.165, 1.54) is 11.8 Å². The number of hydrogen-bond acceptors (Lipinski definition) is 4. The van der Waals surface area contributed by atoms with Crippen molar-refractivity contribution in [3.05, 3.63) is 64.4 Å². The first-order chi connectivity index (χ1) is 15.7. The van der Waals surface area contributed by atoms with Crippen LogP contribution in [0.3, 0.4) is 0 Å². The number of nitrogens with zero attached hydrogens (tertiary/aromatic N) is 3. The number of thioether (sulfide) groups is 1. The van der Waals surface area contributed by atoms with Crippen LogP contribution >= 0.6 is 11.8 Å². The molecule has 2 unspecified atom stereocenters. The van der Waals surface area contributed by atoms with Gasteiger partial charge in [-0.15, -0.1) is 0 Å². The summed E-state index contributed by atoms with van der Waals surface area (Å²) in [4.78, 5) is 33.8. The van der Waals surface area contributed by atoms with Crippen molar-refractivity contribution in [2.24, 2.45) is 10.8 Å². The molecule has 33 heavy (non-hydrogen) atoms. The maximum absolute atomic E-state index is 13.5. The molecule has 0 N–H and O–H groups in total. The molecular weight excluding hydrogens is 430 g/mol. The zero-order chi connectivity index (χ0) is 23.4. The summed E-state index contributed by atoms with van der Waals surface area (Å²) in [7, 11) is 0. The highest BCUT2D eigenvalue weighted by Gasteiger charge is 2.50. The summed E-state index contributed by atoms with van der Waals surface area (Å²) in [5.74, 6) is 0.425. The van der Waals surface area contributed by atoms with Crippen LogP contribution in [0.5, 0.6) is 0 Å². The predicted molar refractivity (Wildman–Crippen MR) is 134 cm³/mol. The van der Waals surface area contributed by atoms with Gasteiger partial charge in [0, 0.05) is 12.6 Å². The first-order valence-electron chi connectivity index (χ1n) is 11.7. The van der Waals surface area contributed by atoms with E-state index >= 15 is 0 Å². The van der Waals surface area contributed by atoms with E-state index in [2.05, 4.69) is 25.7 Å². The molecule has 3 aromatic rings. The molecule has 1 aromatic heterocycles. The molecule has 0 radical (unpaired) electrons. The predicted octanol–water partition coefficient (Wildman–Crippen LogP) is 5.21. The first-order valence-corrected chi connectivity index (χ1v) is 12.6. The average Bonchev–Trinajstić information content (AvgIpc) is 3.01. The molecule has 5 nitrogen and oxygen atoms in total. The van der Waals surface area contributed by atoms with E-state index < -0.39 is 0 Å². The van der Waals surface area contributed by atoms with Crippen LogP contribution in [-0.2, 0) is 4.79 Å². The summed E-state index contributed by atoms with van der Waals surface area (Å²) in [6, 6.07) is 15.5. The van der Waals surface area contributed by atoms with Crippen molar-refractivity contribution in [2.75, 3.05) is 12.3 Å². The summed E-state index contributed by atoms with van der Waals surface area (Å²) in [5.41, 5.74) is 2.84. The van der Waals surface area contributed by atoms with Crippen molar-refractivity contribution >= 4 is 28.6 Å². The van der Waals surface area contributed by atoms with E-state index in [4.69, 9.17) is 4.98 Å². The third kappa shape index (κ3) is 4.10. The summed E-state index contributed by atoms with van der Waals surface area (Å²) < 4.78 is 1.67. The number of para-hydroxylation sites is 2. The number of likely N-dealkylation sites (tertiary alicyclic amines) is 1. The molecule has 1 saturated heterocycles. The Morgan fingerprint density at radius 1 is 1.09 bits per heavy atom. The maximum Gasteiger partial charge on any atom is 0.266 e. The van der Waals surface area contributed by atoms with Gasteiger partial charge in [-0.25, -0.2) is 4.98 Å². The lowest BCUT2D eigenvalue weighted by Gasteiger charge is -2.39. The molecule has 1 aliphatic heterocycles. The maximum atomic E-state index is 13.5. The SMILES string of the molecule is Cc1ccccc1-n1c(SCC(=O)N2CC3(C)CC2CC(C)(C)C3)nc2ccccc2c1=O. The third-order valence-corrected chi connectivity index (χ3v) is 8.08. The van der Waals surface area contributed by atoms with Crippen molar-refractivity contribution in [2.45, 2.75) is 58.2 Å². The number of benzene rings is 2. The summed E-state index contributed by atoms with van der Waals surface area (Å²) in [6.07, 6.45) is 3.31. The van der Waals surface area contributed by atoms with E-state index in [1.54, 1.807) is 4.57 Å². The van der Waals surface area contributed by atoms with Crippen molar-refractivity contribution < 1.29 is 4.79 Å². The van der Waals surface area contributed by atoms with Gasteiger partial charge in [0.2, 0.25) is 5.91 Å². The van der Waals surface area contributed by atoms with Gasteiger partial charge in [0.1, 0.15) is 0 Å². The first kappa shape index (κ1) is 22.2. The van der Waals surface area contributed by atoms with Crippen LogP contribution in [0.15, 0.2) is 58.5 Å². The van der Waals surface area contributed by atoms with Crippen molar-refractivity contribution in [1.29, 1.82) is 0 Å². The Bertz CT molecular complexity index is 1300. The Labute approximate surface area is 199 Å². The fourth-order valence-electron chi connectivity index (χ4n) is 6.20. The lowest BCUT2D eigenvalue weighted by Crippen LogP contribution is -2.38. The topological polar surface area (TPSA) is 55.2 Å². The molecule has 2 fully saturated rings. The second-order valence-corrected chi connectivity index (χ2v) is 11.8. The lowest BCUT2D eigenvalue weighted by molar-refractivity contribution is -0.129. The van der Waals surface area contributed by atoms with Crippen LogP contribution in [-0.4, -0.2) is 38.7 Å². The highest BCUT2D eigenvalue weighted by molar-refractivity contribution is 7.99. The van der Waals surface area contributed by atoms with Crippen molar-refractivity contribution in [1.82, 2.24) is 14.5 Å². The third-order valence-electron chi connectivity index (χ3n) is 7.16. The van der Waals surface area contributed by atoms with E-state index in [0.717, 1.165) is 37.1 Å². The van der Waals surface area contributed by atoms with E-state index in [0.29, 0.717) is 22.1 Å². The minimum absolute atomic E-state index is 0.101. The molecule has 2 heterocycles. The fraction of sp³-hybridized carbons (Fsp3) is 0.444. The van der Waals surface area contributed by atoms with Gasteiger partial charge >= 0.3 is 0 Å². The van der Waals surface area contributed by atoms with Crippen molar-refractivity contribution in [3.8, 4) is 5.69 Å². The normalized spacial score (nSPS) is 23.8. The van der Waals surface area contributed by atoms with Crippen molar-refractivity contribution in [3.63, 3.8) is 0 Å². The quantitative estimate of drug-likeness (QED) is 0.395. The van der Waals surface area contributed by atoms with Gasteiger partial charge < -0.3 is 4.90 Å². The highest BCUT2D eigenvalue weighted by atomic mass is 32.2. The standard InChI is InChI=1S/C27H31N3O2S/c1-18-9-5-8-12-22(18)30-24(32)20-10-6-7-11-21(20)28-25(30)33-15-23(31)29-17-27(4)14-19(29)13-26(2,3)16-27/h5-12,19H,13-17H2,1-4H3. The van der Waals surface area contributed by atoms with Gasteiger partial charge in [0.05, 0.1) is 22.3 Å². The van der Waals surface area contributed by atoms with Crippen LogP contribution in [0.4, 0.5) is 0 Å². The van der Waals surface area contributed by atoms with Gasteiger partial charge in [-0.05, 0) is 60.8 Å². The smallest absolute Gasteiger partial charge is 0.266 e. The Kier molecular flexibility index (Phi) is 5.39. The van der Waals surface area contributed by atoms with Crippen LogP contribution in [0.2, 0.25) is 0 Å². The molecule has 1 amide bonds. The molecule has 2 bridgehead atoms. The Hall–Kier alpha value is -2.60. The number of carbonyl (C=O) groups is 1. The molecular formula is C27H31N3O2S. The number of fused-ring (bicyclic) bond motifs is 3. The molecule has 6 heteroatoms. The van der Waals surface area contributed by atoms with Crippen LogP contribution in [0, 0.1) is 17.8 Å². The average molecular weight is 462 g/mol. The van der Waals surface area contributed by atoms with Gasteiger partial charge in [-0.2, -0.15) is 0 Å². The summed E-state index contributed by atoms with van der Waals surface area (Å²) in [6.45, 7) is 9.78. The number of amides is 1. The summed E-state index contributed by atoms with van der Waals surface area (Å²) in [5, 5.41) is 1.15. The van der Waals surface area contributed by atoms with E-state index in [1.807, 2.05) is 55.5 Å². The molecule has 2 atom stereocenters. The summed E-state index contributed by atoms with van der Waals surface area (Å²) >= 11 is 1.37. The Morgan fingerprint density at radius 3 is 2.61 bits per heavy atom. The second kappa shape index (κ2) is 8.01. The minimum atomic E-state index is -0.101. The number of rotatable bonds is 4. The molecule has 0 spiro atoms. The fourth-order valence-corrected chi connectivity index (χ4v) is 7.09. The molecule has 172 valence electrons. The number of hydrogen-bond donors (Lipinski definition) is 0. The van der Waals surface area contributed by atoms with Crippen LogP contribution < -0.4 is 5.56 Å². The number of aromatic nitrogens is 2. The molecule has 2 aromatic carbocycles. The second-order valence-electron chi connectivity index (χ2n) is 10.9. The van der Waals surface area contributed by atoms with Crippen LogP contribution in [0.25, 0.3) is 16.6 Å². The lowest BCUT2D eigenvalue weighted by atomic mass is 9.65. The van der Waals surface area contributed by atoms with Crippen LogP contribution in [0.1, 0.15) is 45.6 Å². The zero-order valence-electron chi connectivity index (χ0n) is 19.8. The van der Waals surface area contributed by atoms with E-state index in [9.17, 15) is 9.59 Å². The highest BCUT2D eigenvalue weighted by Crippen LogP contribution is 2.52.